The average molecular weight is 472 g/mol. The normalized spacial score (nSPS) is 22.4. The lowest BCUT2D eigenvalue weighted by Gasteiger charge is -2.36. The highest BCUT2D eigenvalue weighted by Crippen LogP contribution is 2.23. The van der Waals surface area contributed by atoms with Gasteiger partial charge in [-0.2, -0.15) is 4.72 Å². The molecule has 2 heterocycles. The summed E-state index contributed by atoms with van der Waals surface area (Å²) in [7, 11) is -4.01. The monoisotopic (exact) mass is 471 g/mol. The molecule has 2 atom stereocenters. The second-order valence-electron chi connectivity index (χ2n) is 7.84. The molecule has 0 aliphatic carbocycles. The molecule has 1 aromatic rings. The van der Waals surface area contributed by atoms with E-state index in [2.05, 4.69) is 4.72 Å². The summed E-state index contributed by atoms with van der Waals surface area (Å²) in [5, 5.41) is 0.0980. The molecule has 1 aromatic carbocycles. The predicted octanol–water partition coefficient (Wildman–Crippen LogP) is -0.0846. The van der Waals surface area contributed by atoms with Gasteiger partial charge in [-0.05, 0) is 43.9 Å². The van der Waals surface area contributed by atoms with Crippen LogP contribution >= 0.6 is 11.6 Å². The van der Waals surface area contributed by atoms with Crippen LogP contribution in [0.2, 0.25) is 5.02 Å². The Morgan fingerprint density at radius 3 is 2.58 bits per heavy atom. The maximum absolute atomic E-state index is 12.9. The van der Waals surface area contributed by atoms with Gasteiger partial charge in [0.05, 0.1) is 28.1 Å². The molecule has 0 saturated carbocycles. The Kier molecular flexibility index (Phi) is 7.07. The Morgan fingerprint density at radius 1 is 1.19 bits per heavy atom. The minimum atomic E-state index is -4.01. The molecular formula is C19H26ClN5O5S. The van der Waals surface area contributed by atoms with Gasteiger partial charge in [0.2, 0.25) is 27.7 Å². The van der Waals surface area contributed by atoms with E-state index in [9.17, 15) is 22.8 Å². The fourth-order valence-electron chi connectivity index (χ4n) is 3.84. The van der Waals surface area contributed by atoms with Crippen LogP contribution in [0.4, 0.5) is 5.69 Å². The van der Waals surface area contributed by atoms with Gasteiger partial charge in [0, 0.05) is 19.6 Å². The van der Waals surface area contributed by atoms with Gasteiger partial charge < -0.3 is 21.3 Å². The van der Waals surface area contributed by atoms with Crippen LogP contribution in [-0.4, -0.2) is 68.2 Å². The number of carbonyl (C=O) groups excluding carboxylic acids is 3. The SMILES string of the molecule is NC(=O)C1CCCN(C(=O)CN2CCC[C@H](NS(=O)(=O)c3ccc(N)c(Cl)c3)C2=O)C1. The highest BCUT2D eigenvalue weighted by Gasteiger charge is 2.35. The number of hydrogen-bond acceptors (Lipinski definition) is 6. The van der Waals surface area contributed by atoms with Crippen LogP contribution in [0.3, 0.4) is 0 Å². The summed E-state index contributed by atoms with van der Waals surface area (Å²) in [5.74, 6) is -1.58. The molecule has 12 heteroatoms. The molecule has 2 aliphatic heterocycles. The standard InChI is InChI=1S/C19H26ClN5O5S/c20-14-9-13(5-6-15(14)21)31(29,30)23-16-4-2-8-25(19(16)28)11-17(26)24-7-1-3-12(10-24)18(22)27/h5-6,9,12,16,23H,1-4,7-8,10-11,21H2,(H2,22,27)/t12?,16-/m0/s1. The number of nitrogens with two attached hydrogens (primary N) is 2. The molecule has 0 spiro atoms. The second-order valence-corrected chi connectivity index (χ2v) is 9.96. The van der Waals surface area contributed by atoms with Gasteiger partial charge in [-0.1, -0.05) is 11.6 Å². The number of amides is 3. The van der Waals surface area contributed by atoms with Crippen LogP contribution in [0.15, 0.2) is 23.1 Å². The number of primary amides is 1. The van der Waals surface area contributed by atoms with Crippen molar-refractivity contribution in [2.75, 3.05) is 31.9 Å². The minimum absolute atomic E-state index is 0.0980. The van der Waals surface area contributed by atoms with Gasteiger partial charge in [0.1, 0.15) is 6.04 Å². The molecule has 0 radical (unpaired) electrons. The summed E-state index contributed by atoms with van der Waals surface area (Å²) in [6.07, 6.45) is 2.16. The molecular weight excluding hydrogens is 446 g/mol. The quantitative estimate of drug-likeness (QED) is 0.492. The van der Waals surface area contributed by atoms with E-state index in [0.29, 0.717) is 38.8 Å². The molecule has 0 bridgehead atoms. The van der Waals surface area contributed by atoms with Crippen LogP contribution < -0.4 is 16.2 Å². The van der Waals surface area contributed by atoms with Crippen LogP contribution in [0.25, 0.3) is 0 Å². The number of nitrogen functional groups attached to an aromatic ring is 1. The molecule has 2 fully saturated rings. The van der Waals surface area contributed by atoms with E-state index in [4.69, 9.17) is 23.1 Å². The van der Waals surface area contributed by atoms with E-state index < -0.39 is 27.9 Å². The number of benzene rings is 1. The Labute approximate surface area is 185 Å². The first-order chi connectivity index (χ1) is 14.6. The number of halogens is 1. The number of rotatable bonds is 6. The molecule has 31 heavy (non-hydrogen) atoms. The third kappa shape index (κ3) is 5.46. The van der Waals surface area contributed by atoms with E-state index in [-0.39, 0.29) is 40.5 Å². The van der Waals surface area contributed by atoms with Crippen molar-refractivity contribution < 1.29 is 22.8 Å². The maximum Gasteiger partial charge on any atom is 0.242 e. The van der Waals surface area contributed by atoms with E-state index in [1.54, 1.807) is 0 Å². The van der Waals surface area contributed by atoms with Crippen molar-refractivity contribution in [1.29, 1.82) is 0 Å². The van der Waals surface area contributed by atoms with Crippen molar-refractivity contribution in [3.8, 4) is 0 Å². The lowest BCUT2D eigenvalue weighted by atomic mass is 9.97. The third-order valence-electron chi connectivity index (χ3n) is 5.61. The third-order valence-corrected chi connectivity index (χ3v) is 7.41. The van der Waals surface area contributed by atoms with Crippen molar-refractivity contribution in [2.45, 2.75) is 36.6 Å². The van der Waals surface area contributed by atoms with E-state index in [1.165, 1.54) is 28.0 Å². The van der Waals surface area contributed by atoms with Gasteiger partial charge in [0.25, 0.3) is 0 Å². The molecule has 5 N–H and O–H groups in total. The van der Waals surface area contributed by atoms with Crippen molar-refractivity contribution in [1.82, 2.24) is 14.5 Å². The van der Waals surface area contributed by atoms with Gasteiger partial charge in [-0.25, -0.2) is 8.42 Å². The highest BCUT2D eigenvalue weighted by atomic mass is 35.5. The number of nitrogens with one attached hydrogen (secondary N) is 1. The Balaban J connectivity index is 1.65. The lowest BCUT2D eigenvalue weighted by molar-refractivity contribution is -0.144. The zero-order chi connectivity index (χ0) is 22.8. The van der Waals surface area contributed by atoms with Crippen LogP contribution in [0.5, 0.6) is 0 Å². The number of piperidine rings is 2. The van der Waals surface area contributed by atoms with Crippen LogP contribution in [-0.2, 0) is 24.4 Å². The van der Waals surface area contributed by atoms with Crippen molar-refractivity contribution in [2.24, 2.45) is 11.7 Å². The summed E-state index contributed by atoms with van der Waals surface area (Å²) in [5.41, 5.74) is 11.2. The summed E-state index contributed by atoms with van der Waals surface area (Å²) < 4.78 is 27.8. The minimum Gasteiger partial charge on any atom is -0.398 e. The fourth-order valence-corrected chi connectivity index (χ4v) is 5.33. The zero-order valence-corrected chi connectivity index (χ0v) is 18.5. The van der Waals surface area contributed by atoms with E-state index in [1.807, 2.05) is 0 Å². The van der Waals surface area contributed by atoms with Crippen LogP contribution in [0, 0.1) is 5.92 Å². The number of nitrogens with zero attached hydrogens (tertiary/aromatic N) is 2. The first kappa shape index (κ1) is 23.3. The van der Waals surface area contributed by atoms with Crippen LogP contribution in [0.1, 0.15) is 25.7 Å². The fraction of sp³-hybridized carbons (Fsp3) is 0.526. The first-order valence-electron chi connectivity index (χ1n) is 10.0. The summed E-state index contributed by atoms with van der Waals surface area (Å²) in [6.45, 7) is 0.919. The van der Waals surface area contributed by atoms with Gasteiger partial charge in [0.15, 0.2) is 0 Å². The number of hydrogen-bond donors (Lipinski definition) is 3. The largest absolute Gasteiger partial charge is 0.398 e. The second kappa shape index (κ2) is 9.41. The Morgan fingerprint density at radius 2 is 1.90 bits per heavy atom. The summed E-state index contributed by atoms with van der Waals surface area (Å²) in [4.78, 5) is 39.8. The van der Waals surface area contributed by atoms with Crippen molar-refractivity contribution in [3.05, 3.63) is 23.2 Å². The Hall–Kier alpha value is -2.37. The lowest BCUT2D eigenvalue weighted by Crippen LogP contribution is -2.55. The Bertz CT molecular complexity index is 986. The van der Waals surface area contributed by atoms with Gasteiger partial charge in [-0.3, -0.25) is 14.4 Å². The average Bonchev–Trinajstić information content (AvgIpc) is 2.72. The molecule has 2 aliphatic rings. The molecule has 3 rings (SSSR count). The number of carbonyl (C=O) groups is 3. The predicted molar refractivity (Wildman–Crippen MR) is 114 cm³/mol. The molecule has 10 nitrogen and oxygen atoms in total. The van der Waals surface area contributed by atoms with Crippen molar-refractivity contribution >= 4 is 45.0 Å². The molecule has 0 aromatic heterocycles. The van der Waals surface area contributed by atoms with Crippen molar-refractivity contribution in [3.63, 3.8) is 0 Å². The molecule has 170 valence electrons. The summed E-state index contributed by atoms with van der Waals surface area (Å²) in [6, 6.07) is 2.92. The van der Waals surface area contributed by atoms with E-state index >= 15 is 0 Å². The maximum atomic E-state index is 12.9. The zero-order valence-electron chi connectivity index (χ0n) is 16.9. The van der Waals surface area contributed by atoms with Gasteiger partial charge >= 0.3 is 0 Å². The number of likely N-dealkylation sites (tertiary alicyclic amines) is 2. The summed E-state index contributed by atoms with van der Waals surface area (Å²) >= 11 is 5.91. The highest BCUT2D eigenvalue weighted by molar-refractivity contribution is 7.89. The molecule has 3 amide bonds. The smallest absolute Gasteiger partial charge is 0.242 e. The first-order valence-corrected chi connectivity index (χ1v) is 11.9. The topological polar surface area (TPSA) is 156 Å². The van der Waals surface area contributed by atoms with E-state index in [0.717, 1.165) is 0 Å². The number of anilines is 1. The molecule has 2 saturated heterocycles. The van der Waals surface area contributed by atoms with Gasteiger partial charge in [-0.15, -0.1) is 0 Å². The number of sulfonamides is 1. The molecule has 1 unspecified atom stereocenters.